The Hall–Kier alpha value is -1.59. The van der Waals surface area contributed by atoms with Crippen LogP contribution in [-0.2, 0) is 4.79 Å². The van der Waals surface area contributed by atoms with Gasteiger partial charge in [-0.2, -0.15) is 0 Å². The smallest absolute Gasteiger partial charge is 0.221 e. The summed E-state index contributed by atoms with van der Waals surface area (Å²) in [6.45, 7) is 7.32. The second kappa shape index (κ2) is 7.53. The molecular formula is C19H29N3O2. The Balaban J connectivity index is 1.35. The fraction of sp³-hybridized carbons (Fsp3) is 0.632. The van der Waals surface area contributed by atoms with Crippen molar-refractivity contribution in [2.24, 2.45) is 0 Å². The van der Waals surface area contributed by atoms with Crippen LogP contribution in [0.3, 0.4) is 0 Å². The number of piperazine rings is 1. The molecule has 1 heterocycles. The van der Waals surface area contributed by atoms with Crippen molar-refractivity contribution in [3.63, 3.8) is 0 Å². The van der Waals surface area contributed by atoms with Gasteiger partial charge in [0.15, 0.2) is 0 Å². The minimum Gasteiger partial charge on any atom is -0.388 e. The highest BCUT2D eigenvalue weighted by Crippen LogP contribution is 2.30. The second-order valence-electron chi connectivity index (χ2n) is 7.27. The predicted octanol–water partition coefficient (Wildman–Crippen LogP) is 1.54. The Kier molecular flexibility index (Phi) is 5.41. The van der Waals surface area contributed by atoms with Gasteiger partial charge in [-0.05, 0) is 43.9 Å². The fourth-order valence-corrected chi connectivity index (χ4v) is 3.43. The Morgan fingerprint density at radius 2 is 2.00 bits per heavy atom. The number of hydrogen-bond acceptors (Lipinski definition) is 4. The van der Waals surface area contributed by atoms with Gasteiger partial charge in [0.2, 0.25) is 5.91 Å². The lowest BCUT2D eigenvalue weighted by atomic mass is 9.80. The first-order valence-corrected chi connectivity index (χ1v) is 9.07. The fourth-order valence-electron chi connectivity index (χ4n) is 3.43. The second-order valence-corrected chi connectivity index (χ2v) is 7.27. The van der Waals surface area contributed by atoms with Crippen LogP contribution in [0.25, 0.3) is 0 Å². The van der Waals surface area contributed by atoms with E-state index in [0.29, 0.717) is 13.0 Å². The summed E-state index contributed by atoms with van der Waals surface area (Å²) in [4.78, 5) is 16.7. The van der Waals surface area contributed by atoms with Crippen LogP contribution < -0.4 is 10.2 Å². The maximum atomic E-state index is 11.9. The van der Waals surface area contributed by atoms with Crippen molar-refractivity contribution in [3.8, 4) is 0 Å². The Labute approximate surface area is 144 Å². The monoisotopic (exact) mass is 331 g/mol. The van der Waals surface area contributed by atoms with Gasteiger partial charge in [0, 0.05) is 51.4 Å². The summed E-state index contributed by atoms with van der Waals surface area (Å²) in [6, 6.07) is 8.63. The molecule has 3 rings (SSSR count). The number of benzene rings is 1. The van der Waals surface area contributed by atoms with Gasteiger partial charge < -0.3 is 15.3 Å². The van der Waals surface area contributed by atoms with E-state index < -0.39 is 5.60 Å². The number of nitrogens with zero attached hydrogens (tertiary/aromatic N) is 2. The highest BCUT2D eigenvalue weighted by atomic mass is 16.3. The van der Waals surface area contributed by atoms with Crippen molar-refractivity contribution in [2.75, 3.05) is 44.2 Å². The van der Waals surface area contributed by atoms with E-state index in [0.717, 1.165) is 52.0 Å². The van der Waals surface area contributed by atoms with Crippen LogP contribution in [0, 0.1) is 6.92 Å². The van der Waals surface area contributed by atoms with Gasteiger partial charge in [-0.25, -0.2) is 0 Å². The Morgan fingerprint density at radius 1 is 1.25 bits per heavy atom. The van der Waals surface area contributed by atoms with Crippen LogP contribution >= 0.6 is 0 Å². The van der Waals surface area contributed by atoms with E-state index in [1.54, 1.807) is 0 Å². The molecule has 1 saturated heterocycles. The van der Waals surface area contributed by atoms with E-state index in [2.05, 4.69) is 46.3 Å². The molecule has 0 radical (unpaired) electrons. The lowest BCUT2D eigenvalue weighted by Crippen LogP contribution is -2.49. The first-order chi connectivity index (χ1) is 11.5. The van der Waals surface area contributed by atoms with E-state index in [1.807, 2.05) is 0 Å². The number of amides is 1. The minimum atomic E-state index is -0.630. The van der Waals surface area contributed by atoms with E-state index in [9.17, 15) is 9.90 Å². The highest BCUT2D eigenvalue weighted by molar-refractivity contribution is 5.76. The summed E-state index contributed by atoms with van der Waals surface area (Å²) in [5.41, 5.74) is 1.95. The van der Waals surface area contributed by atoms with Crippen molar-refractivity contribution in [1.82, 2.24) is 10.2 Å². The van der Waals surface area contributed by atoms with Crippen LogP contribution in [0.5, 0.6) is 0 Å². The quantitative estimate of drug-likeness (QED) is 0.830. The molecular weight excluding hydrogens is 302 g/mol. The van der Waals surface area contributed by atoms with Crippen LogP contribution in [0.1, 0.15) is 31.2 Å². The zero-order valence-electron chi connectivity index (χ0n) is 14.6. The van der Waals surface area contributed by atoms with Crippen molar-refractivity contribution >= 4 is 11.6 Å². The number of aliphatic hydroxyl groups is 1. The molecule has 0 spiro atoms. The summed E-state index contributed by atoms with van der Waals surface area (Å²) in [5.74, 6) is 0.0523. The van der Waals surface area contributed by atoms with Crippen LogP contribution in [0.2, 0.25) is 0 Å². The average Bonchev–Trinajstić information content (AvgIpc) is 2.57. The van der Waals surface area contributed by atoms with Gasteiger partial charge in [0.05, 0.1) is 5.60 Å². The third kappa shape index (κ3) is 4.48. The zero-order chi connectivity index (χ0) is 17.0. The number of anilines is 1. The third-order valence-electron chi connectivity index (χ3n) is 5.29. The van der Waals surface area contributed by atoms with Crippen molar-refractivity contribution in [3.05, 3.63) is 29.8 Å². The Morgan fingerprint density at radius 3 is 2.62 bits per heavy atom. The number of carbonyl (C=O) groups excluding carboxylic acids is 1. The molecule has 2 N–H and O–H groups in total. The lowest BCUT2D eigenvalue weighted by Gasteiger charge is -2.37. The average molecular weight is 331 g/mol. The molecule has 0 aromatic heterocycles. The molecule has 5 heteroatoms. The normalized spacial score (nSPS) is 20.5. The largest absolute Gasteiger partial charge is 0.388 e. The molecule has 1 aliphatic heterocycles. The van der Waals surface area contributed by atoms with Crippen LogP contribution in [-0.4, -0.2) is 60.8 Å². The van der Waals surface area contributed by atoms with Crippen LogP contribution in [0.4, 0.5) is 5.69 Å². The SMILES string of the molecule is Cc1cccc(N2CCN(CCC(=O)NCC3(O)CCC3)CC2)c1. The molecule has 1 amide bonds. The van der Waals surface area contributed by atoms with Crippen LogP contribution in [0.15, 0.2) is 24.3 Å². The maximum absolute atomic E-state index is 11.9. The summed E-state index contributed by atoms with van der Waals surface area (Å²) in [6.07, 6.45) is 3.21. The van der Waals surface area contributed by atoms with Gasteiger partial charge >= 0.3 is 0 Å². The van der Waals surface area contributed by atoms with E-state index in [-0.39, 0.29) is 5.91 Å². The number of aryl methyl sites for hydroxylation is 1. The molecule has 132 valence electrons. The molecule has 2 fully saturated rings. The summed E-state index contributed by atoms with van der Waals surface area (Å²) in [5, 5.41) is 12.9. The van der Waals surface area contributed by atoms with Gasteiger partial charge in [0.25, 0.3) is 0 Å². The number of nitrogens with one attached hydrogen (secondary N) is 1. The van der Waals surface area contributed by atoms with Gasteiger partial charge in [-0.3, -0.25) is 9.69 Å². The first kappa shape index (κ1) is 17.2. The van der Waals surface area contributed by atoms with E-state index in [4.69, 9.17) is 0 Å². The summed E-state index contributed by atoms with van der Waals surface area (Å²) < 4.78 is 0. The molecule has 0 atom stereocenters. The third-order valence-corrected chi connectivity index (χ3v) is 5.29. The Bertz CT molecular complexity index is 563. The molecule has 0 unspecified atom stereocenters. The molecule has 24 heavy (non-hydrogen) atoms. The van der Waals surface area contributed by atoms with Crippen molar-refractivity contribution in [2.45, 2.75) is 38.2 Å². The van der Waals surface area contributed by atoms with Gasteiger partial charge in [-0.15, -0.1) is 0 Å². The van der Waals surface area contributed by atoms with Crippen molar-refractivity contribution < 1.29 is 9.90 Å². The number of hydrogen-bond donors (Lipinski definition) is 2. The van der Waals surface area contributed by atoms with Gasteiger partial charge in [0.1, 0.15) is 0 Å². The topological polar surface area (TPSA) is 55.8 Å². The lowest BCUT2D eigenvalue weighted by molar-refractivity contribution is -0.123. The number of rotatable bonds is 6. The first-order valence-electron chi connectivity index (χ1n) is 9.07. The standard InChI is InChI=1S/C19H29N3O2/c1-16-4-2-5-17(14-16)22-12-10-21(11-13-22)9-6-18(23)20-15-19(24)7-3-8-19/h2,4-5,14,24H,3,6-13,15H2,1H3,(H,20,23). The highest BCUT2D eigenvalue weighted by Gasteiger charge is 2.34. The predicted molar refractivity (Wildman–Crippen MR) is 96.3 cm³/mol. The molecule has 1 aliphatic carbocycles. The molecule has 1 aromatic carbocycles. The number of carbonyl (C=O) groups is 1. The molecule has 0 bridgehead atoms. The molecule has 5 nitrogen and oxygen atoms in total. The maximum Gasteiger partial charge on any atom is 0.221 e. The van der Waals surface area contributed by atoms with Crippen molar-refractivity contribution in [1.29, 1.82) is 0 Å². The molecule has 1 saturated carbocycles. The molecule has 1 aromatic rings. The minimum absolute atomic E-state index is 0.0523. The van der Waals surface area contributed by atoms with E-state index in [1.165, 1.54) is 11.3 Å². The summed E-state index contributed by atoms with van der Waals surface area (Å²) in [7, 11) is 0. The zero-order valence-corrected chi connectivity index (χ0v) is 14.6. The van der Waals surface area contributed by atoms with Gasteiger partial charge in [-0.1, -0.05) is 12.1 Å². The molecule has 2 aliphatic rings. The summed E-state index contributed by atoms with van der Waals surface area (Å²) >= 11 is 0. The van der Waals surface area contributed by atoms with E-state index >= 15 is 0 Å².